The second kappa shape index (κ2) is 7.59. The predicted molar refractivity (Wildman–Crippen MR) is 96.5 cm³/mol. The van der Waals surface area contributed by atoms with Crippen molar-refractivity contribution in [2.24, 2.45) is 0 Å². The third-order valence-electron chi connectivity index (χ3n) is 3.59. The highest BCUT2D eigenvalue weighted by Gasteiger charge is 2.10. The highest BCUT2D eigenvalue weighted by atomic mass is 16.5. The number of aryl methyl sites for hydroxylation is 1. The summed E-state index contributed by atoms with van der Waals surface area (Å²) in [5.74, 6) is 0.544. The van der Waals surface area contributed by atoms with Gasteiger partial charge in [0.2, 0.25) is 0 Å². The van der Waals surface area contributed by atoms with Gasteiger partial charge in [-0.05, 0) is 60.7 Å². The molecule has 0 saturated carbocycles. The molecule has 3 N–H and O–H groups in total. The van der Waals surface area contributed by atoms with E-state index in [9.17, 15) is 15.3 Å². The van der Waals surface area contributed by atoms with Crippen molar-refractivity contribution in [3.63, 3.8) is 0 Å². The third kappa shape index (κ3) is 4.56. The lowest BCUT2D eigenvalue weighted by Gasteiger charge is -2.12. The van der Waals surface area contributed by atoms with E-state index in [4.69, 9.17) is 4.74 Å². The summed E-state index contributed by atoms with van der Waals surface area (Å²) in [6.45, 7) is 5.86. The minimum atomic E-state index is -0.00521. The predicted octanol–water partition coefficient (Wildman–Crippen LogP) is 4.49. The normalized spacial score (nSPS) is 10.9. The molecule has 0 radical (unpaired) electrons. The molecule has 0 unspecified atom stereocenters. The Labute approximate surface area is 142 Å². The number of benzene rings is 2. The first-order valence-electron chi connectivity index (χ1n) is 7.64. The first-order chi connectivity index (χ1) is 11.4. The molecule has 0 fully saturated rings. The maximum absolute atomic E-state index is 10.2. The van der Waals surface area contributed by atoms with Gasteiger partial charge in [-0.3, -0.25) is 0 Å². The molecular formula is C20H22O4. The summed E-state index contributed by atoms with van der Waals surface area (Å²) < 4.78 is 5.29. The molecule has 0 amide bonds. The molecule has 0 aliphatic rings. The van der Waals surface area contributed by atoms with Gasteiger partial charge in [-0.15, -0.1) is 6.58 Å². The number of aromatic hydroxyl groups is 3. The lowest BCUT2D eigenvalue weighted by Crippen LogP contribution is -1.94. The van der Waals surface area contributed by atoms with E-state index < -0.39 is 0 Å². The zero-order valence-corrected chi connectivity index (χ0v) is 13.9. The summed E-state index contributed by atoms with van der Waals surface area (Å²) in [6.07, 6.45) is 5.09. The zero-order valence-electron chi connectivity index (χ0n) is 13.9. The molecule has 4 heteroatoms. The summed E-state index contributed by atoms with van der Waals surface area (Å²) in [5, 5.41) is 29.2. The zero-order chi connectivity index (χ0) is 17.7. The van der Waals surface area contributed by atoms with Crippen molar-refractivity contribution in [3.05, 3.63) is 59.2 Å². The van der Waals surface area contributed by atoms with Crippen LogP contribution >= 0.6 is 0 Å². The fourth-order valence-corrected chi connectivity index (χ4v) is 2.47. The van der Waals surface area contributed by atoms with E-state index in [0.29, 0.717) is 11.3 Å². The van der Waals surface area contributed by atoms with Crippen LogP contribution in [-0.4, -0.2) is 22.4 Å². The van der Waals surface area contributed by atoms with Gasteiger partial charge < -0.3 is 20.1 Å². The standard InChI is InChI=1S/C20H22O4/c1-13(2)4-7-16-8-14(11-19(23)20(16)24-3)5-6-15-9-17(21)12-18(22)10-15/h5-6,8-12,21-23H,1,4,7H2,2-3H3. The lowest BCUT2D eigenvalue weighted by molar-refractivity contribution is 0.369. The van der Waals surface area contributed by atoms with Crippen molar-refractivity contribution in [1.82, 2.24) is 0 Å². The van der Waals surface area contributed by atoms with Gasteiger partial charge >= 0.3 is 0 Å². The molecule has 0 aliphatic carbocycles. The highest BCUT2D eigenvalue weighted by Crippen LogP contribution is 2.33. The largest absolute Gasteiger partial charge is 0.508 e. The van der Waals surface area contributed by atoms with Gasteiger partial charge in [-0.1, -0.05) is 17.7 Å². The lowest BCUT2D eigenvalue weighted by atomic mass is 10.0. The number of phenolic OH excluding ortho intramolecular Hbond substituents is 3. The van der Waals surface area contributed by atoms with E-state index in [1.54, 1.807) is 30.4 Å². The van der Waals surface area contributed by atoms with Gasteiger partial charge in [-0.25, -0.2) is 0 Å². The maximum Gasteiger partial charge on any atom is 0.163 e. The first-order valence-corrected chi connectivity index (χ1v) is 7.64. The second-order valence-corrected chi connectivity index (χ2v) is 5.81. The average molecular weight is 326 g/mol. The molecule has 0 saturated heterocycles. The molecule has 0 atom stereocenters. The van der Waals surface area contributed by atoms with Crippen LogP contribution in [0.3, 0.4) is 0 Å². The van der Waals surface area contributed by atoms with Gasteiger partial charge in [0.15, 0.2) is 11.5 Å². The SMILES string of the molecule is C=C(C)CCc1cc(C=Cc2cc(O)cc(O)c2)cc(O)c1OC. The van der Waals surface area contributed by atoms with E-state index >= 15 is 0 Å². The number of ether oxygens (including phenoxy) is 1. The van der Waals surface area contributed by atoms with Crippen molar-refractivity contribution >= 4 is 12.2 Å². The van der Waals surface area contributed by atoms with Gasteiger partial charge in [0.25, 0.3) is 0 Å². The molecule has 2 rings (SSSR count). The van der Waals surface area contributed by atoms with Crippen molar-refractivity contribution in [1.29, 1.82) is 0 Å². The summed E-state index contributed by atoms with van der Waals surface area (Å²) >= 11 is 0. The number of phenols is 3. The molecular weight excluding hydrogens is 304 g/mol. The van der Waals surface area contributed by atoms with Gasteiger partial charge in [0, 0.05) is 6.07 Å². The minimum absolute atomic E-state index is 0.00521. The maximum atomic E-state index is 10.2. The smallest absolute Gasteiger partial charge is 0.163 e. The monoisotopic (exact) mass is 326 g/mol. The number of allylic oxidation sites excluding steroid dienone is 1. The molecule has 2 aromatic rings. The van der Waals surface area contributed by atoms with Crippen LogP contribution < -0.4 is 4.74 Å². The summed E-state index contributed by atoms with van der Waals surface area (Å²) in [4.78, 5) is 0. The topological polar surface area (TPSA) is 69.9 Å². The Hall–Kier alpha value is -2.88. The van der Waals surface area contributed by atoms with Crippen LogP contribution in [0.2, 0.25) is 0 Å². The Morgan fingerprint density at radius 1 is 1.00 bits per heavy atom. The molecule has 0 bridgehead atoms. The number of hydrogen-bond acceptors (Lipinski definition) is 4. The third-order valence-corrected chi connectivity index (χ3v) is 3.59. The molecule has 0 aliphatic heterocycles. The number of rotatable bonds is 6. The van der Waals surface area contributed by atoms with Crippen molar-refractivity contribution in [2.45, 2.75) is 19.8 Å². The summed E-state index contributed by atoms with van der Waals surface area (Å²) in [6, 6.07) is 7.92. The molecule has 0 heterocycles. The van der Waals surface area contributed by atoms with E-state index in [1.807, 2.05) is 13.0 Å². The van der Waals surface area contributed by atoms with Crippen molar-refractivity contribution < 1.29 is 20.1 Å². The van der Waals surface area contributed by atoms with Gasteiger partial charge in [0.1, 0.15) is 11.5 Å². The van der Waals surface area contributed by atoms with E-state index in [-0.39, 0.29) is 17.2 Å². The van der Waals surface area contributed by atoms with Crippen molar-refractivity contribution in [3.8, 4) is 23.0 Å². The molecule has 2 aromatic carbocycles. The highest BCUT2D eigenvalue weighted by molar-refractivity contribution is 5.72. The van der Waals surface area contributed by atoms with Crippen molar-refractivity contribution in [2.75, 3.05) is 7.11 Å². The van der Waals surface area contributed by atoms with Gasteiger partial charge in [0.05, 0.1) is 7.11 Å². The fraction of sp³-hybridized carbons (Fsp3) is 0.200. The van der Waals surface area contributed by atoms with E-state index in [2.05, 4.69) is 6.58 Å². The van der Waals surface area contributed by atoms with E-state index in [0.717, 1.165) is 29.5 Å². The quantitative estimate of drug-likeness (QED) is 0.540. The Bertz CT molecular complexity index is 755. The fourth-order valence-electron chi connectivity index (χ4n) is 2.47. The van der Waals surface area contributed by atoms with Crippen LogP contribution in [0.4, 0.5) is 0 Å². The van der Waals surface area contributed by atoms with Crippen LogP contribution in [0.5, 0.6) is 23.0 Å². The Kier molecular flexibility index (Phi) is 5.53. The van der Waals surface area contributed by atoms with Crippen LogP contribution in [0, 0.1) is 0 Å². The molecule has 0 spiro atoms. The summed E-state index contributed by atoms with van der Waals surface area (Å²) in [5.41, 5.74) is 3.42. The Balaban J connectivity index is 2.32. The second-order valence-electron chi connectivity index (χ2n) is 5.81. The Morgan fingerprint density at radius 3 is 2.12 bits per heavy atom. The van der Waals surface area contributed by atoms with Gasteiger partial charge in [-0.2, -0.15) is 0 Å². The number of hydrogen-bond donors (Lipinski definition) is 3. The molecule has 0 aromatic heterocycles. The molecule has 24 heavy (non-hydrogen) atoms. The molecule has 126 valence electrons. The van der Waals surface area contributed by atoms with Crippen LogP contribution in [0.25, 0.3) is 12.2 Å². The minimum Gasteiger partial charge on any atom is -0.508 e. The number of methoxy groups -OCH3 is 1. The van der Waals surface area contributed by atoms with E-state index in [1.165, 1.54) is 13.2 Å². The van der Waals surface area contributed by atoms with Crippen LogP contribution in [0.1, 0.15) is 30.0 Å². The summed E-state index contributed by atoms with van der Waals surface area (Å²) in [7, 11) is 1.53. The van der Waals surface area contributed by atoms with Crippen LogP contribution in [0.15, 0.2) is 42.5 Å². The Morgan fingerprint density at radius 2 is 1.58 bits per heavy atom. The first kappa shape index (κ1) is 17.5. The van der Waals surface area contributed by atoms with Crippen LogP contribution in [-0.2, 0) is 6.42 Å². The molecule has 4 nitrogen and oxygen atoms in total. The average Bonchev–Trinajstić information content (AvgIpc) is 2.49.